The van der Waals surface area contributed by atoms with Gasteiger partial charge in [0.15, 0.2) is 5.82 Å². The molecule has 1 N–H and O–H groups in total. The van der Waals surface area contributed by atoms with Gasteiger partial charge in [0, 0.05) is 11.6 Å². The smallest absolute Gasteiger partial charge is 0.179 e. The summed E-state index contributed by atoms with van der Waals surface area (Å²) < 4.78 is 0. The summed E-state index contributed by atoms with van der Waals surface area (Å²) in [5.41, 5.74) is 2.16. The molecule has 0 unspecified atom stereocenters. The molecule has 0 atom stereocenters. The summed E-state index contributed by atoms with van der Waals surface area (Å²) in [4.78, 5) is 15.5. The van der Waals surface area contributed by atoms with Crippen LogP contribution in [0.25, 0.3) is 22.8 Å². The van der Waals surface area contributed by atoms with Crippen LogP contribution in [0.2, 0.25) is 15.2 Å². The van der Waals surface area contributed by atoms with Crippen molar-refractivity contribution in [3.8, 4) is 22.8 Å². The van der Waals surface area contributed by atoms with E-state index in [0.29, 0.717) is 32.4 Å². The van der Waals surface area contributed by atoms with Gasteiger partial charge in [-0.1, -0.05) is 40.9 Å². The number of aromatic nitrogens is 4. The van der Waals surface area contributed by atoms with Crippen LogP contribution in [0.4, 0.5) is 0 Å². The third-order valence-electron chi connectivity index (χ3n) is 2.65. The monoisotopic (exact) mass is 324 g/mol. The molecule has 2 aromatic heterocycles. The highest BCUT2D eigenvalue weighted by Crippen LogP contribution is 2.29. The van der Waals surface area contributed by atoms with Gasteiger partial charge in [0.05, 0.1) is 28.3 Å². The molecule has 0 aliphatic rings. The van der Waals surface area contributed by atoms with Crippen molar-refractivity contribution in [1.82, 2.24) is 19.9 Å². The topological polar surface area (TPSA) is 54.5 Å². The van der Waals surface area contributed by atoms with Crippen LogP contribution in [0, 0.1) is 0 Å². The maximum Gasteiger partial charge on any atom is 0.179 e. The molecule has 2 heterocycles. The number of hydrogen-bond acceptors (Lipinski definition) is 3. The Kier molecular flexibility index (Phi) is 3.61. The average molecular weight is 326 g/mol. The molecule has 0 amide bonds. The van der Waals surface area contributed by atoms with E-state index >= 15 is 0 Å². The third-order valence-corrected chi connectivity index (χ3v) is 3.58. The van der Waals surface area contributed by atoms with Gasteiger partial charge in [-0.25, -0.2) is 15.0 Å². The molecule has 0 bridgehead atoms. The number of aromatic amines is 1. The zero-order valence-corrected chi connectivity index (χ0v) is 12.2. The zero-order valence-electron chi connectivity index (χ0n) is 9.94. The summed E-state index contributed by atoms with van der Waals surface area (Å²) in [6.45, 7) is 0. The van der Waals surface area contributed by atoms with Gasteiger partial charge >= 0.3 is 0 Å². The fourth-order valence-electron chi connectivity index (χ4n) is 1.72. The minimum Gasteiger partial charge on any atom is -0.342 e. The lowest BCUT2D eigenvalue weighted by atomic mass is 10.1. The van der Waals surface area contributed by atoms with Crippen molar-refractivity contribution in [3.05, 3.63) is 52.0 Å². The Morgan fingerprint density at radius 3 is 2.50 bits per heavy atom. The zero-order chi connectivity index (χ0) is 14.1. The summed E-state index contributed by atoms with van der Waals surface area (Å²) in [6, 6.07) is 6.94. The number of benzene rings is 1. The highest BCUT2D eigenvalue weighted by Gasteiger charge is 2.10. The first-order chi connectivity index (χ1) is 9.63. The van der Waals surface area contributed by atoms with E-state index in [4.69, 9.17) is 34.8 Å². The van der Waals surface area contributed by atoms with E-state index in [9.17, 15) is 0 Å². The van der Waals surface area contributed by atoms with Crippen LogP contribution >= 0.6 is 34.8 Å². The molecule has 0 saturated heterocycles. The molecule has 100 valence electrons. The molecule has 7 heteroatoms. The fraction of sp³-hybridized carbons (Fsp3) is 0. The van der Waals surface area contributed by atoms with E-state index in [1.165, 1.54) is 0 Å². The van der Waals surface area contributed by atoms with Crippen molar-refractivity contribution < 1.29 is 0 Å². The van der Waals surface area contributed by atoms with Gasteiger partial charge in [0.25, 0.3) is 0 Å². The normalized spacial score (nSPS) is 10.8. The molecule has 3 rings (SSSR count). The van der Waals surface area contributed by atoms with Crippen molar-refractivity contribution >= 4 is 34.8 Å². The van der Waals surface area contributed by atoms with E-state index in [0.717, 1.165) is 5.56 Å². The molecular formula is C13H7Cl3N4. The van der Waals surface area contributed by atoms with Gasteiger partial charge in [0.1, 0.15) is 10.8 Å². The average Bonchev–Trinajstić information content (AvgIpc) is 2.95. The minimum atomic E-state index is 0.339. The largest absolute Gasteiger partial charge is 0.342 e. The van der Waals surface area contributed by atoms with Crippen LogP contribution in [0.15, 0.2) is 36.8 Å². The SMILES string of the molecule is Clc1cc(-c2ccc(Cl)c(Cl)c2)nc(-c2cnc[nH]2)n1. The molecule has 0 radical (unpaired) electrons. The van der Waals surface area contributed by atoms with Crippen LogP contribution in [0.5, 0.6) is 0 Å². The van der Waals surface area contributed by atoms with Crippen molar-refractivity contribution in [2.45, 2.75) is 0 Å². The molecule has 20 heavy (non-hydrogen) atoms. The van der Waals surface area contributed by atoms with E-state index in [-0.39, 0.29) is 0 Å². The van der Waals surface area contributed by atoms with Crippen molar-refractivity contribution in [2.24, 2.45) is 0 Å². The second kappa shape index (κ2) is 5.40. The fourth-order valence-corrected chi connectivity index (χ4v) is 2.20. The van der Waals surface area contributed by atoms with Crippen molar-refractivity contribution in [3.63, 3.8) is 0 Å². The van der Waals surface area contributed by atoms with Gasteiger partial charge in [0.2, 0.25) is 0 Å². The maximum absolute atomic E-state index is 6.04. The maximum atomic E-state index is 6.04. The minimum absolute atomic E-state index is 0.339. The lowest BCUT2D eigenvalue weighted by molar-refractivity contribution is 1.16. The highest BCUT2D eigenvalue weighted by atomic mass is 35.5. The van der Waals surface area contributed by atoms with Crippen LogP contribution in [-0.4, -0.2) is 19.9 Å². The number of rotatable bonds is 2. The lowest BCUT2D eigenvalue weighted by Gasteiger charge is -2.05. The van der Waals surface area contributed by atoms with Gasteiger partial charge in [-0.2, -0.15) is 0 Å². The summed E-state index contributed by atoms with van der Waals surface area (Å²) in [5, 5.41) is 1.29. The summed E-state index contributed by atoms with van der Waals surface area (Å²) in [5.74, 6) is 0.469. The van der Waals surface area contributed by atoms with Gasteiger partial charge in [-0.3, -0.25) is 0 Å². The number of H-pyrrole nitrogens is 1. The van der Waals surface area contributed by atoms with E-state index in [2.05, 4.69) is 19.9 Å². The second-order valence-corrected chi connectivity index (χ2v) is 5.20. The molecule has 0 saturated carbocycles. The number of imidazole rings is 1. The molecule has 3 aromatic rings. The van der Waals surface area contributed by atoms with E-state index in [1.54, 1.807) is 30.7 Å². The summed E-state index contributed by atoms with van der Waals surface area (Å²) in [7, 11) is 0. The van der Waals surface area contributed by atoms with Gasteiger partial charge < -0.3 is 4.98 Å². The van der Waals surface area contributed by atoms with Gasteiger partial charge in [-0.05, 0) is 12.1 Å². The van der Waals surface area contributed by atoms with Crippen LogP contribution < -0.4 is 0 Å². The van der Waals surface area contributed by atoms with Gasteiger partial charge in [-0.15, -0.1) is 0 Å². The predicted octanol–water partition coefficient (Wildman–Crippen LogP) is 4.49. The van der Waals surface area contributed by atoms with Crippen molar-refractivity contribution in [2.75, 3.05) is 0 Å². The number of nitrogens with zero attached hydrogens (tertiary/aromatic N) is 3. The second-order valence-electron chi connectivity index (χ2n) is 3.99. The van der Waals surface area contributed by atoms with Crippen LogP contribution in [0.3, 0.4) is 0 Å². The Balaban J connectivity index is 2.12. The lowest BCUT2D eigenvalue weighted by Crippen LogP contribution is -1.93. The Morgan fingerprint density at radius 2 is 1.80 bits per heavy atom. The van der Waals surface area contributed by atoms with Crippen LogP contribution in [-0.2, 0) is 0 Å². The molecule has 1 aromatic carbocycles. The first-order valence-electron chi connectivity index (χ1n) is 5.62. The first-order valence-corrected chi connectivity index (χ1v) is 6.75. The molecule has 0 spiro atoms. The summed E-state index contributed by atoms with van der Waals surface area (Å²) in [6.07, 6.45) is 3.18. The standard InChI is InChI=1S/C13H7Cl3N4/c14-8-2-1-7(3-9(8)15)10-4-12(16)20-13(19-10)11-5-17-6-18-11/h1-6H,(H,17,18). The molecule has 0 aliphatic heterocycles. The number of hydrogen-bond donors (Lipinski definition) is 1. The molecular weight excluding hydrogens is 319 g/mol. The molecule has 0 fully saturated rings. The molecule has 4 nitrogen and oxygen atoms in total. The highest BCUT2D eigenvalue weighted by molar-refractivity contribution is 6.42. The Morgan fingerprint density at radius 1 is 0.950 bits per heavy atom. The van der Waals surface area contributed by atoms with E-state index < -0.39 is 0 Å². The number of halogens is 3. The Bertz CT molecular complexity index is 756. The number of nitrogens with one attached hydrogen (secondary N) is 1. The Labute approximate surface area is 129 Å². The quantitative estimate of drug-likeness (QED) is 0.706. The summed E-state index contributed by atoms with van der Waals surface area (Å²) >= 11 is 18.0. The molecule has 0 aliphatic carbocycles. The first kappa shape index (κ1) is 13.4. The van der Waals surface area contributed by atoms with E-state index in [1.807, 2.05) is 6.07 Å². The van der Waals surface area contributed by atoms with Crippen LogP contribution in [0.1, 0.15) is 0 Å². The Hall–Kier alpha value is -1.62. The van der Waals surface area contributed by atoms with Crippen molar-refractivity contribution in [1.29, 1.82) is 0 Å². The predicted molar refractivity (Wildman–Crippen MR) is 80.1 cm³/mol. The third kappa shape index (κ3) is 2.63.